The number of nitrogens with zero attached hydrogens (tertiary/aromatic N) is 1. The Labute approximate surface area is 221 Å². The summed E-state index contributed by atoms with van der Waals surface area (Å²) in [4.78, 5) is 53.0. The molecule has 194 valence electrons. The molecule has 7 heteroatoms. The van der Waals surface area contributed by atoms with Crippen LogP contribution in [0.2, 0.25) is 0 Å². The molecular weight excluding hydrogens is 480 g/mol. The van der Waals surface area contributed by atoms with Crippen LogP contribution in [0.3, 0.4) is 0 Å². The quantitative estimate of drug-likeness (QED) is 0.365. The van der Waals surface area contributed by atoms with Crippen molar-refractivity contribution in [3.05, 3.63) is 95.1 Å². The fourth-order valence-corrected chi connectivity index (χ4v) is 5.64. The highest BCUT2D eigenvalue weighted by molar-refractivity contribution is 6.22. The van der Waals surface area contributed by atoms with E-state index < -0.39 is 18.5 Å². The van der Waals surface area contributed by atoms with Gasteiger partial charge in [-0.05, 0) is 73.9 Å². The molecule has 3 atom stereocenters. The predicted molar refractivity (Wildman–Crippen MR) is 144 cm³/mol. The summed E-state index contributed by atoms with van der Waals surface area (Å²) in [5, 5.41) is 2.78. The number of hydrogen-bond donors (Lipinski definition) is 1. The number of fused-ring (bicyclic) bond motifs is 1. The first-order valence-electron chi connectivity index (χ1n) is 12.9. The molecule has 2 fully saturated rings. The van der Waals surface area contributed by atoms with Crippen molar-refractivity contribution in [1.82, 2.24) is 0 Å². The second kappa shape index (κ2) is 10.6. The molecule has 3 amide bonds. The van der Waals surface area contributed by atoms with Gasteiger partial charge in [0.1, 0.15) is 0 Å². The van der Waals surface area contributed by atoms with Gasteiger partial charge in [-0.3, -0.25) is 19.3 Å². The number of anilines is 2. The Morgan fingerprint density at radius 2 is 1.55 bits per heavy atom. The van der Waals surface area contributed by atoms with E-state index in [1.54, 1.807) is 18.2 Å². The average Bonchev–Trinajstić information content (AvgIpc) is 3.19. The first kappa shape index (κ1) is 25.4. The summed E-state index contributed by atoms with van der Waals surface area (Å²) in [7, 11) is 0. The largest absolute Gasteiger partial charge is 0.452 e. The maximum absolute atomic E-state index is 13.4. The molecule has 1 saturated heterocycles. The van der Waals surface area contributed by atoms with E-state index in [1.165, 1.54) is 16.5 Å². The summed E-state index contributed by atoms with van der Waals surface area (Å²) >= 11 is 0. The molecule has 2 aliphatic rings. The second-order valence-electron chi connectivity index (χ2n) is 10.1. The van der Waals surface area contributed by atoms with Crippen LogP contribution in [0.25, 0.3) is 0 Å². The van der Waals surface area contributed by atoms with Crippen molar-refractivity contribution in [3.63, 3.8) is 0 Å². The van der Waals surface area contributed by atoms with E-state index in [0.717, 1.165) is 17.5 Å². The number of amides is 3. The maximum Gasteiger partial charge on any atom is 0.338 e. The van der Waals surface area contributed by atoms with Gasteiger partial charge in [-0.1, -0.05) is 54.6 Å². The number of esters is 1. The molecule has 1 aliphatic heterocycles. The number of hydrogen-bond acceptors (Lipinski definition) is 5. The molecule has 38 heavy (non-hydrogen) atoms. The fraction of sp³-hybridized carbons (Fsp3) is 0.290. The predicted octanol–water partition coefficient (Wildman–Crippen LogP) is 5.17. The lowest BCUT2D eigenvalue weighted by Crippen LogP contribution is -2.31. The van der Waals surface area contributed by atoms with Crippen molar-refractivity contribution in [3.8, 4) is 0 Å². The van der Waals surface area contributed by atoms with Gasteiger partial charge in [0, 0.05) is 5.69 Å². The van der Waals surface area contributed by atoms with Crippen LogP contribution in [0.4, 0.5) is 11.4 Å². The van der Waals surface area contributed by atoms with Crippen LogP contribution < -0.4 is 10.2 Å². The van der Waals surface area contributed by atoms with Crippen LogP contribution in [0.1, 0.15) is 52.2 Å². The Bertz CT molecular complexity index is 1380. The number of benzene rings is 3. The number of carbonyl (C=O) groups is 4. The lowest BCUT2D eigenvalue weighted by molar-refractivity contribution is -0.122. The van der Waals surface area contributed by atoms with Crippen LogP contribution in [0, 0.1) is 25.7 Å². The van der Waals surface area contributed by atoms with Crippen LogP contribution in [0.15, 0.2) is 72.8 Å². The highest BCUT2D eigenvalue weighted by Gasteiger charge is 2.50. The molecular formula is C31H30N2O5. The topological polar surface area (TPSA) is 92.8 Å². The summed E-state index contributed by atoms with van der Waals surface area (Å²) in [6.07, 6.45) is 2.14. The number of imide groups is 1. The third-order valence-electron chi connectivity index (χ3n) is 7.62. The van der Waals surface area contributed by atoms with Gasteiger partial charge in [-0.25, -0.2) is 4.79 Å². The molecule has 5 rings (SSSR count). The van der Waals surface area contributed by atoms with Gasteiger partial charge in [-0.15, -0.1) is 0 Å². The van der Waals surface area contributed by atoms with Crippen LogP contribution in [-0.4, -0.2) is 30.3 Å². The highest BCUT2D eigenvalue weighted by atomic mass is 16.5. The molecule has 1 aliphatic carbocycles. The van der Waals surface area contributed by atoms with Crippen molar-refractivity contribution < 1.29 is 23.9 Å². The smallest absolute Gasteiger partial charge is 0.338 e. The summed E-state index contributed by atoms with van der Waals surface area (Å²) in [5.41, 5.74) is 4.22. The van der Waals surface area contributed by atoms with E-state index in [9.17, 15) is 19.2 Å². The van der Waals surface area contributed by atoms with Gasteiger partial charge < -0.3 is 10.1 Å². The van der Waals surface area contributed by atoms with Gasteiger partial charge in [0.25, 0.3) is 5.91 Å². The molecule has 0 unspecified atom stereocenters. The minimum atomic E-state index is -0.704. The Morgan fingerprint density at radius 1 is 0.868 bits per heavy atom. The standard InChI is InChI=1S/C31H30N2O5/c1-19-8-6-9-20(2)28(19)32-27(34)18-38-31(37)23-12-7-13-24(16-23)33-29(35)25-15-14-22(17-26(25)30(33)36)21-10-4-3-5-11-21/h3-13,16,22,25-26H,14-15,17-18H2,1-2H3,(H,32,34)/t22-,25+,26+/m0/s1. The molecule has 1 N–H and O–H groups in total. The number of ether oxygens (including phenoxy) is 1. The lowest BCUT2D eigenvalue weighted by Gasteiger charge is -2.28. The van der Waals surface area contributed by atoms with Gasteiger partial charge >= 0.3 is 5.97 Å². The second-order valence-corrected chi connectivity index (χ2v) is 10.1. The third-order valence-corrected chi connectivity index (χ3v) is 7.62. The molecule has 0 spiro atoms. The van der Waals surface area contributed by atoms with Crippen molar-refractivity contribution in [2.75, 3.05) is 16.8 Å². The van der Waals surface area contributed by atoms with Crippen LogP contribution in [-0.2, 0) is 19.1 Å². The molecule has 3 aromatic carbocycles. The summed E-state index contributed by atoms with van der Waals surface area (Å²) in [6, 6.07) is 22.1. The molecule has 0 bridgehead atoms. The van der Waals surface area contributed by atoms with E-state index in [2.05, 4.69) is 17.4 Å². The van der Waals surface area contributed by atoms with Crippen molar-refractivity contribution in [1.29, 1.82) is 0 Å². The monoisotopic (exact) mass is 510 g/mol. The van der Waals surface area contributed by atoms with E-state index in [-0.39, 0.29) is 35.1 Å². The molecule has 3 aromatic rings. The highest BCUT2D eigenvalue weighted by Crippen LogP contribution is 2.45. The summed E-state index contributed by atoms with van der Waals surface area (Å²) < 4.78 is 5.23. The van der Waals surface area contributed by atoms with Crippen molar-refractivity contribution >= 4 is 35.1 Å². The van der Waals surface area contributed by atoms with Crippen molar-refractivity contribution in [2.24, 2.45) is 11.8 Å². The normalized spacial score (nSPS) is 20.7. The Kier molecular flexibility index (Phi) is 7.09. The van der Waals surface area contributed by atoms with Gasteiger partial charge in [0.15, 0.2) is 6.61 Å². The van der Waals surface area contributed by atoms with E-state index in [1.807, 2.05) is 50.2 Å². The molecule has 1 heterocycles. The summed E-state index contributed by atoms with van der Waals surface area (Å²) in [5.74, 6) is -2.07. The zero-order chi connectivity index (χ0) is 26.8. The zero-order valence-corrected chi connectivity index (χ0v) is 21.5. The Hall–Kier alpha value is -4.26. The minimum Gasteiger partial charge on any atom is -0.452 e. The number of carbonyl (C=O) groups excluding carboxylic acids is 4. The van der Waals surface area contributed by atoms with E-state index in [4.69, 9.17) is 4.74 Å². The van der Waals surface area contributed by atoms with E-state index >= 15 is 0 Å². The fourth-order valence-electron chi connectivity index (χ4n) is 5.64. The van der Waals surface area contributed by atoms with Crippen molar-refractivity contribution in [2.45, 2.75) is 39.0 Å². The molecule has 1 saturated carbocycles. The van der Waals surface area contributed by atoms with Gasteiger partial charge in [-0.2, -0.15) is 0 Å². The third kappa shape index (κ3) is 4.96. The Balaban J connectivity index is 1.25. The van der Waals surface area contributed by atoms with Crippen LogP contribution in [0.5, 0.6) is 0 Å². The maximum atomic E-state index is 13.4. The van der Waals surface area contributed by atoms with Crippen LogP contribution >= 0.6 is 0 Å². The van der Waals surface area contributed by atoms with E-state index in [0.29, 0.717) is 24.2 Å². The molecule has 0 radical (unpaired) electrons. The minimum absolute atomic E-state index is 0.167. The van der Waals surface area contributed by atoms with Gasteiger partial charge in [0.05, 0.1) is 23.1 Å². The lowest BCUT2D eigenvalue weighted by atomic mass is 9.73. The number of rotatable bonds is 6. The Morgan fingerprint density at radius 3 is 2.29 bits per heavy atom. The zero-order valence-electron chi connectivity index (χ0n) is 21.5. The first-order valence-corrected chi connectivity index (χ1v) is 12.9. The molecule has 7 nitrogen and oxygen atoms in total. The number of aryl methyl sites for hydroxylation is 2. The first-order chi connectivity index (χ1) is 18.3. The average molecular weight is 511 g/mol. The SMILES string of the molecule is Cc1cccc(C)c1NC(=O)COC(=O)c1cccc(N2C(=O)[C@@H]3CC[C@H](c4ccccc4)C[C@H]3C2=O)c1. The van der Waals surface area contributed by atoms with Gasteiger partial charge in [0.2, 0.25) is 11.8 Å². The summed E-state index contributed by atoms with van der Waals surface area (Å²) in [6.45, 7) is 3.32. The number of nitrogens with one attached hydrogen (secondary N) is 1. The number of para-hydroxylation sites is 1. The molecule has 0 aromatic heterocycles.